The van der Waals surface area contributed by atoms with Crippen LogP contribution in [0.2, 0.25) is 0 Å². The standard InChI is InChI=1S/C23H37NO/c1-4-6-7-8-9-19-10-11-21(20(5-2)15-19)14-18(3)22-12-13-23(24,16-22)17-25/h5-7,14,19,22,25H,3-4,8-13,15-17,24H2,1-2H3/b7-6-,20-5-,21-14-/t19-,22-,23+/m0/s1. The lowest BCUT2D eigenvalue weighted by molar-refractivity contribution is 0.197. The maximum atomic E-state index is 9.48. The minimum absolute atomic E-state index is 0.0849. The van der Waals surface area contributed by atoms with Gasteiger partial charge in [0, 0.05) is 5.54 Å². The predicted molar refractivity (Wildman–Crippen MR) is 108 cm³/mol. The van der Waals surface area contributed by atoms with Gasteiger partial charge in [-0.1, -0.05) is 43.4 Å². The van der Waals surface area contributed by atoms with Gasteiger partial charge in [0.2, 0.25) is 0 Å². The molecule has 0 saturated heterocycles. The van der Waals surface area contributed by atoms with Crippen molar-refractivity contribution in [2.75, 3.05) is 6.61 Å². The third-order valence-electron chi connectivity index (χ3n) is 6.08. The van der Waals surface area contributed by atoms with E-state index in [1.807, 2.05) is 0 Å². The normalized spacial score (nSPS) is 33.6. The molecule has 2 aliphatic carbocycles. The summed E-state index contributed by atoms with van der Waals surface area (Å²) in [4.78, 5) is 0. The number of allylic oxidation sites excluding steroid dienone is 7. The molecular formula is C23H37NO. The maximum absolute atomic E-state index is 9.48. The second kappa shape index (κ2) is 9.54. The van der Waals surface area contributed by atoms with Crippen molar-refractivity contribution in [2.24, 2.45) is 17.6 Å². The van der Waals surface area contributed by atoms with Crippen LogP contribution in [-0.4, -0.2) is 17.3 Å². The number of aliphatic hydroxyl groups is 1. The first-order chi connectivity index (χ1) is 12.0. The van der Waals surface area contributed by atoms with Gasteiger partial charge in [-0.3, -0.25) is 0 Å². The molecule has 3 N–H and O–H groups in total. The number of hydrogen-bond acceptors (Lipinski definition) is 2. The Bertz CT molecular complexity index is 542. The molecule has 3 atom stereocenters. The summed E-state index contributed by atoms with van der Waals surface area (Å²) >= 11 is 0. The van der Waals surface area contributed by atoms with E-state index in [1.54, 1.807) is 0 Å². The van der Waals surface area contributed by atoms with E-state index >= 15 is 0 Å². The van der Waals surface area contributed by atoms with E-state index in [0.717, 1.165) is 31.6 Å². The van der Waals surface area contributed by atoms with Crippen LogP contribution in [0.5, 0.6) is 0 Å². The van der Waals surface area contributed by atoms with Crippen molar-refractivity contribution in [1.29, 1.82) is 0 Å². The Labute approximate surface area is 154 Å². The Hall–Kier alpha value is -1.12. The second-order valence-electron chi connectivity index (χ2n) is 8.08. The van der Waals surface area contributed by atoms with Gasteiger partial charge in [-0.15, -0.1) is 0 Å². The Morgan fingerprint density at radius 2 is 2.12 bits per heavy atom. The Kier molecular flexibility index (Phi) is 7.71. The average molecular weight is 344 g/mol. The Balaban J connectivity index is 1.93. The van der Waals surface area contributed by atoms with E-state index in [4.69, 9.17) is 5.73 Å². The van der Waals surface area contributed by atoms with Crippen LogP contribution in [0.15, 0.2) is 47.6 Å². The molecule has 0 amide bonds. The Morgan fingerprint density at radius 1 is 1.32 bits per heavy atom. The molecule has 0 aliphatic heterocycles. The van der Waals surface area contributed by atoms with Gasteiger partial charge in [0.15, 0.2) is 0 Å². The summed E-state index contributed by atoms with van der Waals surface area (Å²) < 4.78 is 0. The number of nitrogens with two attached hydrogens (primary N) is 1. The molecular weight excluding hydrogens is 306 g/mol. The molecule has 2 saturated carbocycles. The molecule has 0 aromatic heterocycles. The van der Waals surface area contributed by atoms with Crippen LogP contribution < -0.4 is 5.73 Å². The van der Waals surface area contributed by atoms with Crippen LogP contribution in [0.25, 0.3) is 0 Å². The molecule has 2 nitrogen and oxygen atoms in total. The minimum atomic E-state index is -0.390. The molecule has 2 heteroatoms. The summed E-state index contributed by atoms with van der Waals surface area (Å²) in [7, 11) is 0. The smallest absolute Gasteiger partial charge is 0.0611 e. The molecule has 0 heterocycles. The van der Waals surface area contributed by atoms with Gasteiger partial charge in [0.1, 0.15) is 0 Å². The van der Waals surface area contributed by atoms with Gasteiger partial charge in [-0.2, -0.15) is 0 Å². The highest BCUT2D eigenvalue weighted by atomic mass is 16.3. The van der Waals surface area contributed by atoms with Crippen molar-refractivity contribution in [3.63, 3.8) is 0 Å². The molecule has 0 bridgehead atoms. The molecule has 0 spiro atoms. The minimum Gasteiger partial charge on any atom is -0.394 e. The molecule has 0 aromatic rings. The SMILES string of the molecule is C=C(/C=C1/CC[C@H](CC/C=C\CC)C/C1=C/C)[C@H]1CC[C@](N)(CO)C1. The molecule has 25 heavy (non-hydrogen) atoms. The van der Waals surface area contributed by atoms with Gasteiger partial charge in [0.25, 0.3) is 0 Å². The molecule has 2 rings (SSSR count). The third-order valence-corrected chi connectivity index (χ3v) is 6.08. The molecule has 2 aliphatic rings. The lowest BCUT2D eigenvalue weighted by Crippen LogP contribution is -2.40. The highest BCUT2D eigenvalue weighted by Gasteiger charge is 2.36. The van der Waals surface area contributed by atoms with Crippen molar-refractivity contribution in [2.45, 2.75) is 77.2 Å². The molecule has 0 radical (unpaired) electrons. The van der Waals surface area contributed by atoms with Crippen molar-refractivity contribution < 1.29 is 5.11 Å². The summed E-state index contributed by atoms with van der Waals surface area (Å²) in [5.41, 5.74) is 10.0. The fourth-order valence-corrected chi connectivity index (χ4v) is 4.35. The van der Waals surface area contributed by atoms with E-state index in [0.29, 0.717) is 5.92 Å². The van der Waals surface area contributed by atoms with Gasteiger partial charge >= 0.3 is 0 Å². The van der Waals surface area contributed by atoms with E-state index in [1.165, 1.54) is 48.8 Å². The van der Waals surface area contributed by atoms with Crippen LogP contribution in [0, 0.1) is 11.8 Å². The van der Waals surface area contributed by atoms with E-state index in [9.17, 15) is 5.11 Å². The van der Waals surface area contributed by atoms with E-state index < -0.39 is 0 Å². The monoisotopic (exact) mass is 343 g/mol. The van der Waals surface area contributed by atoms with Gasteiger partial charge < -0.3 is 10.8 Å². The van der Waals surface area contributed by atoms with Crippen LogP contribution in [0.4, 0.5) is 0 Å². The summed E-state index contributed by atoms with van der Waals surface area (Å²) in [6.07, 6.45) is 19.4. The molecule has 0 aromatic carbocycles. The third kappa shape index (κ3) is 5.69. The fraction of sp³-hybridized carbons (Fsp3) is 0.652. The Morgan fingerprint density at radius 3 is 2.76 bits per heavy atom. The first-order valence-electron chi connectivity index (χ1n) is 10.1. The summed E-state index contributed by atoms with van der Waals surface area (Å²) in [5, 5.41) is 9.48. The highest BCUT2D eigenvalue weighted by molar-refractivity contribution is 5.39. The van der Waals surface area contributed by atoms with Gasteiger partial charge in [0.05, 0.1) is 6.61 Å². The number of aliphatic hydroxyl groups excluding tert-OH is 1. The van der Waals surface area contributed by atoms with Crippen molar-refractivity contribution in [3.8, 4) is 0 Å². The predicted octanol–water partition coefficient (Wildman–Crippen LogP) is 5.45. The summed E-state index contributed by atoms with van der Waals surface area (Å²) in [5.74, 6) is 1.25. The lowest BCUT2D eigenvalue weighted by atomic mass is 9.78. The van der Waals surface area contributed by atoms with Crippen LogP contribution in [0.1, 0.15) is 71.6 Å². The highest BCUT2D eigenvalue weighted by Crippen LogP contribution is 2.40. The zero-order valence-electron chi connectivity index (χ0n) is 16.3. The van der Waals surface area contributed by atoms with E-state index in [-0.39, 0.29) is 12.1 Å². The maximum Gasteiger partial charge on any atom is 0.0611 e. The first kappa shape index (κ1) is 20.2. The molecule has 140 valence electrons. The van der Waals surface area contributed by atoms with Crippen molar-refractivity contribution in [3.05, 3.63) is 47.6 Å². The first-order valence-corrected chi connectivity index (χ1v) is 10.1. The van der Waals surface area contributed by atoms with Crippen LogP contribution in [-0.2, 0) is 0 Å². The zero-order valence-corrected chi connectivity index (χ0v) is 16.3. The van der Waals surface area contributed by atoms with Gasteiger partial charge in [-0.25, -0.2) is 0 Å². The van der Waals surface area contributed by atoms with Gasteiger partial charge in [-0.05, 0) is 87.7 Å². The fourth-order valence-electron chi connectivity index (χ4n) is 4.35. The number of rotatable bonds is 7. The summed E-state index contributed by atoms with van der Waals surface area (Å²) in [6.45, 7) is 8.78. The quantitative estimate of drug-likeness (QED) is 0.604. The van der Waals surface area contributed by atoms with Crippen LogP contribution in [0.3, 0.4) is 0 Å². The average Bonchev–Trinajstić information content (AvgIpc) is 3.03. The number of hydrogen-bond donors (Lipinski definition) is 2. The van der Waals surface area contributed by atoms with Crippen LogP contribution >= 0.6 is 0 Å². The van der Waals surface area contributed by atoms with E-state index in [2.05, 4.69) is 44.7 Å². The summed E-state index contributed by atoms with van der Waals surface area (Å²) in [6, 6.07) is 0. The van der Waals surface area contributed by atoms with Crippen molar-refractivity contribution >= 4 is 0 Å². The zero-order chi connectivity index (χ0) is 18.3. The lowest BCUT2D eigenvalue weighted by Gasteiger charge is -2.27. The topological polar surface area (TPSA) is 46.2 Å². The molecule has 0 unspecified atom stereocenters. The van der Waals surface area contributed by atoms with Crippen molar-refractivity contribution in [1.82, 2.24) is 0 Å². The largest absolute Gasteiger partial charge is 0.394 e. The molecule has 2 fully saturated rings. The second-order valence-corrected chi connectivity index (χ2v) is 8.08.